The maximum atomic E-state index is 11.8. The van der Waals surface area contributed by atoms with Crippen molar-refractivity contribution < 1.29 is 9.90 Å². The highest BCUT2D eigenvalue weighted by atomic mass is 16.3. The van der Waals surface area contributed by atoms with Crippen LogP contribution in [0.2, 0.25) is 0 Å². The van der Waals surface area contributed by atoms with E-state index in [2.05, 4.69) is 6.07 Å². The van der Waals surface area contributed by atoms with Crippen LogP contribution in [0.25, 0.3) is 0 Å². The molecule has 1 aromatic rings. The zero-order valence-corrected chi connectivity index (χ0v) is 10.8. The molecule has 2 heterocycles. The van der Waals surface area contributed by atoms with Crippen molar-refractivity contribution >= 4 is 11.7 Å². The van der Waals surface area contributed by atoms with Gasteiger partial charge in [0.15, 0.2) is 0 Å². The molecule has 1 aromatic heterocycles. The van der Waals surface area contributed by atoms with Crippen molar-refractivity contribution in [1.29, 1.82) is 5.26 Å². The zero-order valence-electron chi connectivity index (χ0n) is 10.8. The van der Waals surface area contributed by atoms with Crippen LogP contribution in [0.4, 0.5) is 5.82 Å². The van der Waals surface area contributed by atoms with Crippen LogP contribution in [-0.2, 0) is 10.3 Å². The highest BCUT2D eigenvalue weighted by Gasteiger charge is 2.32. The van der Waals surface area contributed by atoms with Gasteiger partial charge in [-0.05, 0) is 26.8 Å². The number of hydrogen-bond acceptors (Lipinski definition) is 3. The first-order valence-corrected chi connectivity index (χ1v) is 5.94. The van der Waals surface area contributed by atoms with E-state index in [0.29, 0.717) is 17.9 Å². The summed E-state index contributed by atoms with van der Waals surface area (Å²) in [5.41, 5.74) is 0.298. The Hall–Kier alpha value is -1.80. The van der Waals surface area contributed by atoms with Crippen LogP contribution >= 0.6 is 0 Å². The predicted octanol–water partition coefficient (Wildman–Crippen LogP) is 1.21. The third kappa shape index (κ3) is 2.12. The Labute approximate surface area is 106 Å². The SMILES string of the molecule is CC(C)(C)n1cc(C#N)cc1N1CC(O)CC1=O. The van der Waals surface area contributed by atoms with Gasteiger partial charge in [-0.2, -0.15) is 5.26 Å². The van der Waals surface area contributed by atoms with Crippen molar-refractivity contribution in [3.63, 3.8) is 0 Å². The molecule has 2 rings (SSSR count). The van der Waals surface area contributed by atoms with E-state index in [1.54, 1.807) is 17.2 Å². The molecule has 0 aliphatic carbocycles. The third-order valence-corrected chi connectivity index (χ3v) is 3.03. The molecule has 0 bridgehead atoms. The van der Waals surface area contributed by atoms with Gasteiger partial charge in [0.1, 0.15) is 11.9 Å². The number of nitrogens with zero attached hydrogens (tertiary/aromatic N) is 3. The number of carbonyl (C=O) groups excluding carboxylic acids is 1. The standard InChI is InChI=1S/C13H17N3O2/c1-13(2,3)16-7-9(6-14)4-11(16)15-8-10(17)5-12(15)18/h4,7,10,17H,5,8H2,1-3H3. The monoisotopic (exact) mass is 247 g/mol. The van der Waals surface area contributed by atoms with Crippen molar-refractivity contribution in [1.82, 2.24) is 4.57 Å². The highest BCUT2D eigenvalue weighted by Crippen LogP contribution is 2.29. The first-order chi connectivity index (χ1) is 8.32. The maximum Gasteiger partial charge on any atom is 0.230 e. The van der Waals surface area contributed by atoms with Crippen LogP contribution in [0.5, 0.6) is 0 Å². The van der Waals surface area contributed by atoms with Gasteiger partial charge in [-0.25, -0.2) is 0 Å². The number of aliphatic hydroxyl groups is 1. The molecule has 96 valence electrons. The average molecular weight is 247 g/mol. The van der Waals surface area contributed by atoms with Gasteiger partial charge in [0.25, 0.3) is 0 Å². The molecule has 1 unspecified atom stereocenters. The van der Waals surface area contributed by atoms with E-state index in [-0.39, 0.29) is 17.9 Å². The van der Waals surface area contributed by atoms with E-state index in [9.17, 15) is 9.90 Å². The topological polar surface area (TPSA) is 69.3 Å². The van der Waals surface area contributed by atoms with E-state index >= 15 is 0 Å². The number of amides is 1. The van der Waals surface area contributed by atoms with Crippen LogP contribution in [0.1, 0.15) is 32.8 Å². The molecule has 1 atom stereocenters. The van der Waals surface area contributed by atoms with Crippen molar-refractivity contribution in [3.05, 3.63) is 17.8 Å². The molecule has 1 N–H and O–H groups in total. The number of rotatable bonds is 1. The van der Waals surface area contributed by atoms with Gasteiger partial charge >= 0.3 is 0 Å². The number of aromatic nitrogens is 1. The molecule has 0 aromatic carbocycles. The summed E-state index contributed by atoms with van der Waals surface area (Å²) in [5, 5.41) is 18.5. The summed E-state index contributed by atoms with van der Waals surface area (Å²) in [5.74, 6) is 0.580. The lowest BCUT2D eigenvalue weighted by Crippen LogP contribution is -2.32. The number of nitriles is 1. The second-order valence-corrected chi connectivity index (χ2v) is 5.60. The van der Waals surface area contributed by atoms with Crippen molar-refractivity contribution in [2.75, 3.05) is 11.4 Å². The maximum absolute atomic E-state index is 11.8. The second kappa shape index (κ2) is 4.14. The van der Waals surface area contributed by atoms with Crippen LogP contribution in [-0.4, -0.2) is 28.2 Å². The zero-order chi connectivity index (χ0) is 13.5. The Kier molecular flexibility index (Phi) is 2.91. The fourth-order valence-electron chi connectivity index (χ4n) is 2.17. The minimum Gasteiger partial charge on any atom is -0.391 e. The van der Waals surface area contributed by atoms with Gasteiger partial charge in [0, 0.05) is 11.7 Å². The number of aliphatic hydroxyl groups excluding tert-OH is 1. The Morgan fingerprint density at radius 2 is 2.17 bits per heavy atom. The summed E-state index contributed by atoms with van der Waals surface area (Å²) in [7, 11) is 0. The quantitative estimate of drug-likeness (QED) is 0.811. The fraction of sp³-hybridized carbons (Fsp3) is 0.538. The molecular weight excluding hydrogens is 230 g/mol. The molecule has 1 saturated heterocycles. The van der Waals surface area contributed by atoms with Gasteiger partial charge in [0.05, 0.1) is 24.6 Å². The molecule has 18 heavy (non-hydrogen) atoms. The van der Waals surface area contributed by atoms with Crippen LogP contribution in [0, 0.1) is 11.3 Å². The molecule has 5 nitrogen and oxygen atoms in total. The number of hydrogen-bond donors (Lipinski definition) is 1. The summed E-state index contributed by atoms with van der Waals surface area (Å²) in [6, 6.07) is 3.78. The molecule has 0 saturated carbocycles. The Morgan fingerprint density at radius 3 is 2.61 bits per heavy atom. The van der Waals surface area contributed by atoms with Crippen LogP contribution < -0.4 is 4.90 Å². The van der Waals surface area contributed by atoms with E-state index < -0.39 is 6.10 Å². The molecule has 1 fully saturated rings. The van der Waals surface area contributed by atoms with Gasteiger partial charge in [-0.3, -0.25) is 9.69 Å². The Bertz CT molecular complexity index is 519. The summed E-state index contributed by atoms with van der Waals surface area (Å²) in [6.45, 7) is 6.32. The minimum absolute atomic E-state index is 0.101. The molecular formula is C13H17N3O2. The number of β-amino-alcohol motifs (C(OH)–C–C–N with tert-alkyl or cyclic N) is 1. The number of carbonyl (C=O) groups is 1. The van der Waals surface area contributed by atoms with E-state index in [4.69, 9.17) is 5.26 Å². The lowest BCUT2D eigenvalue weighted by Gasteiger charge is -2.28. The van der Waals surface area contributed by atoms with E-state index in [1.165, 1.54) is 0 Å². The average Bonchev–Trinajstić information content (AvgIpc) is 2.80. The van der Waals surface area contributed by atoms with Gasteiger partial charge in [-0.1, -0.05) is 0 Å². The first-order valence-electron chi connectivity index (χ1n) is 5.94. The highest BCUT2D eigenvalue weighted by molar-refractivity contribution is 5.95. The van der Waals surface area contributed by atoms with Crippen molar-refractivity contribution in [3.8, 4) is 6.07 Å². The lowest BCUT2D eigenvalue weighted by molar-refractivity contribution is -0.117. The van der Waals surface area contributed by atoms with E-state index in [0.717, 1.165) is 0 Å². The molecule has 5 heteroatoms. The van der Waals surface area contributed by atoms with Crippen LogP contribution in [0.15, 0.2) is 12.3 Å². The lowest BCUT2D eigenvalue weighted by atomic mass is 10.1. The largest absolute Gasteiger partial charge is 0.391 e. The summed E-state index contributed by atoms with van der Waals surface area (Å²) >= 11 is 0. The normalized spacial score (nSPS) is 20.3. The molecule has 0 radical (unpaired) electrons. The van der Waals surface area contributed by atoms with Crippen LogP contribution in [0.3, 0.4) is 0 Å². The van der Waals surface area contributed by atoms with Gasteiger partial charge < -0.3 is 9.67 Å². The van der Waals surface area contributed by atoms with Gasteiger partial charge in [-0.15, -0.1) is 0 Å². The molecule has 0 spiro atoms. The third-order valence-electron chi connectivity index (χ3n) is 3.03. The molecule has 1 aliphatic rings. The molecule has 1 aliphatic heterocycles. The Balaban J connectivity index is 2.47. The summed E-state index contributed by atoms with van der Waals surface area (Å²) < 4.78 is 1.90. The number of anilines is 1. The van der Waals surface area contributed by atoms with Crippen molar-refractivity contribution in [2.45, 2.75) is 38.8 Å². The summed E-state index contributed by atoms with van der Waals surface area (Å²) in [4.78, 5) is 13.4. The minimum atomic E-state index is -0.619. The Morgan fingerprint density at radius 1 is 1.50 bits per heavy atom. The van der Waals surface area contributed by atoms with Crippen molar-refractivity contribution in [2.24, 2.45) is 0 Å². The predicted molar refractivity (Wildman–Crippen MR) is 67.1 cm³/mol. The van der Waals surface area contributed by atoms with Gasteiger partial charge in [0.2, 0.25) is 5.91 Å². The smallest absolute Gasteiger partial charge is 0.230 e. The fourth-order valence-corrected chi connectivity index (χ4v) is 2.17. The molecule has 1 amide bonds. The summed E-state index contributed by atoms with van der Waals surface area (Å²) in [6.07, 6.45) is 1.27. The first kappa shape index (κ1) is 12.7. The second-order valence-electron chi connectivity index (χ2n) is 5.60. The van der Waals surface area contributed by atoms with E-state index in [1.807, 2.05) is 25.3 Å².